The second kappa shape index (κ2) is 6.30. The van der Waals surface area contributed by atoms with E-state index in [0.717, 1.165) is 11.2 Å². The van der Waals surface area contributed by atoms with Gasteiger partial charge in [0.1, 0.15) is 0 Å². The third-order valence-corrected chi connectivity index (χ3v) is 3.10. The lowest BCUT2D eigenvalue weighted by atomic mass is 10.2. The Bertz CT molecular complexity index is 819. The van der Waals surface area contributed by atoms with Gasteiger partial charge in [-0.1, -0.05) is 44.2 Å². The molecular formula is C16H16N2OS. The van der Waals surface area contributed by atoms with E-state index in [1.807, 2.05) is 62.4 Å². The number of hydrogen-bond donors (Lipinski definition) is 1. The fourth-order valence-electron chi connectivity index (χ4n) is 1.97. The predicted octanol–water partition coefficient (Wildman–Crippen LogP) is 4.07. The molecule has 102 valence electrons. The quantitative estimate of drug-likeness (QED) is 0.684. The van der Waals surface area contributed by atoms with E-state index in [1.165, 1.54) is 4.57 Å². The molecule has 0 saturated heterocycles. The highest BCUT2D eigenvalue weighted by atomic mass is 32.1. The topological polar surface area (TPSA) is 37.8 Å². The number of nitrogens with one attached hydrogen (secondary N) is 1. The lowest BCUT2D eigenvalue weighted by Gasteiger charge is -2.07. The van der Waals surface area contributed by atoms with Gasteiger partial charge in [0, 0.05) is 0 Å². The molecule has 0 radical (unpaired) electrons. The summed E-state index contributed by atoms with van der Waals surface area (Å²) in [4.78, 5) is 15.5. The molecule has 3 nitrogen and oxygen atoms in total. The van der Waals surface area contributed by atoms with Crippen LogP contribution in [0.25, 0.3) is 16.6 Å². The van der Waals surface area contributed by atoms with Crippen LogP contribution in [0.3, 0.4) is 0 Å². The first-order chi connectivity index (χ1) is 9.77. The van der Waals surface area contributed by atoms with Crippen molar-refractivity contribution in [2.45, 2.75) is 13.8 Å². The van der Waals surface area contributed by atoms with E-state index in [9.17, 15) is 4.79 Å². The molecule has 0 saturated carbocycles. The van der Waals surface area contributed by atoms with Crippen LogP contribution < -0.4 is 5.56 Å². The number of fused-ring (bicyclic) bond motifs is 1. The van der Waals surface area contributed by atoms with Crippen LogP contribution in [0, 0.1) is 4.77 Å². The van der Waals surface area contributed by atoms with Gasteiger partial charge < -0.3 is 4.98 Å². The SMILES string of the molecule is CC.O=c1c2ccccc2[nH]c(=S)n1-c1ccccc1. The highest BCUT2D eigenvalue weighted by molar-refractivity contribution is 7.71. The van der Waals surface area contributed by atoms with Gasteiger partial charge in [0.2, 0.25) is 0 Å². The zero-order chi connectivity index (χ0) is 14.5. The minimum absolute atomic E-state index is 0.0967. The number of aromatic nitrogens is 2. The number of para-hydroxylation sites is 2. The summed E-state index contributed by atoms with van der Waals surface area (Å²) in [6.45, 7) is 4.00. The summed E-state index contributed by atoms with van der Waals surface area (Å²) >= 11 is 5.26. The van der Waals surface area contributed by atoms with Crippen molar-refractivity contribution >= 4 is 23.1 Å². The molecule has 3 aromatic rings. The fourth-order valence-corrected chi connectivity index (χ4v) is 2.27. The van der Waals surface area contributed by atoms with Gasteiger partial charge in [-0.25, -0.2) is 0 Å². The van der Waals surface area contributed by atoms with Crippen LogP contribution in [-0.4, -0.2) is 9.55 Å². The number of hydrogen-bond acceptors (Lipinski definition) is 2. The maximum absolute atomic E-state index is 12.4. The molecule has 20 heavy (non-hydrogen) atoms. The molecule has 0 aliphatic rings. The molecule has 3 rings (SSSR count). The number of H-pyrrole nitrogens is 1. The molecule has 1 heterocycles. The standard InChI is InChI=1S/C14H10N2OS.C2H6/c17-13-11-8-4-5-9-12(11)15-14(18)16(13)10-6-2-1-3-7-10;1-2/h1-9H,(H,15,18);1-2H3. The number of benzene rings is 2. The zero-order valence-electron chi connectivity index (χ0n) is 11.5. The van der Waals surface area contributed by atoms with Gasteiger partial charge in [0.05, 0.1) is 16.6 Å². The number of aromatic amines is 1. The van der Waals surface area contributed by atoms with Crippen molar-refractivity contribution in [3.05, 3.63) is 69.7 Å². The van der Waals surface area contributed by atoms with E-state index < -0.39 is 0 Å². The Balaban J connectivity index is 0.000000704. The Morgan fingerprint density at radius 3 is 2.25 bits per heavy atom. The molecule has 0 bridgehead atoms. The van der Waals surface area contributed by atoms with Gasteiger partial charge in [-0.3, -0.25) is 9.36 Å². The molecule has 0 amide bonds. The smallest absolute Gasteiger partial charge is 0.266 e. The summed E-state index contributed by atoms with van der Waals surface area (Å²) in [5, 5.41) is 0.634. The first-order valence-electron chi connectivity index (χ1n) is 6.57. The average Bonchev–Trinajstić information content (AvgIpc) is 2.50. The summed E-state index contributed by atoms with van der Waals surface area (Å²) in [6, 6.07) is 16.7. The lowest BCUT2D eigenvalue weighted by Crippen LogP contribution is -2.20. The summed E-state index contributed by atoms with van der Waals surface area (Å²) < 4.78 is 1.92. The molecule has 0 unspecified atom stereocenters. The molecule has 1 aromatic heterocycles. The fraction of sp³-hybridized carbons (Fsp3) is 0.125. The first kappa shape index (κ1) is 14.2. The molecule has 0 spiro atoms. The summed E-state index contributed by atoms with van der Waals surface area (Å²) in [6.07, 6.45) is 0. The monoisotopic (exact) mass is 284 g/mol. The van der Waals surface area contributed by atoms with E-state index in [0.29, 0.717) is 10.2 Å². The lowest BCUT2D eigenvalue weighted by molar-refractivity contribution is 0.940. The molecule has 0 aliphatic carbocycles. The molecule has 2 aromatic carbocycles. The third kappa shape index (κ3) is 2.56. The van der Waals surface area contributed by atoms with Gasteiger partial charge in [-0.15, -0.1) is 0 Å². The number of nitrogens with zero attached hydrogens (tertiary/aromatic N) is 1. The van der Waals surface area contributed by atoms with Crippen molar-refractivity contribution < 1.29 is 0 Å². The van der Waals surface area contributed by atoms with E-state index in [1.54, 1.807) is 6.07 Å². The van der Waals surface area contributed by atoms with Crippen LogP contribution in [0.5, 0.6) is 0 Å². The Morgan fingerprint density at radius 2 is 1.55 bits per heavy atom. The van der Waals surface area contributed by atoms with Crippen molar-refractivity contribution in [2.24, 2.45) is 0 Å². The normalized spacial score (nSPS) is 9.90. The Hall–Kier alpha value is -2.20. The maximum atomic E-state index is 12.4. The Kier molecular flexibility index (Phi) is 4.48. The average molecular weight is 284 g/mol. The van der Waals surface area contributed by atoms with Crippen LogP contribution in [0.4, 0.5) is 0 Å². The molecule has 0 atom stereocenters. The van der Waals surface area contributed by atoms with Crippen molar-refractivity contribution in [3.8, 4) is 5.69 Å². The van der Waals surface area contributed by atoms with E-state index in [4.69, 9.17) is 12.2 Å². The predicted molar refractivity (Wildman–Crippen MR) is 86.1 cm³/mol. The van der Waals surface area contributed by atoms with Gasteiger partial charge in [-0.2, -0.15) is 0 Å². The van der Waals surface area contributed by atoms with Gasteiger partial charge >= 0.3 is 0 Å². The van der Waals surface area contributed by atoms with Crippen LogP contribution >= 0.6 is 12.2 Å². The van der Waals surface area contributed by atoms with Gasteiger partial charge in [0.15, 0.2) is 4.77 Å². The van der Waals surface area contributed by atoms with Crippen molar-refractivity contribution in [3.63, 3.8) is 0 Å². The second-order valence-corrected chi connectivity index (χ2v) is 4.34. The van der Waals surface area contributed by atoms with E-state index in [2.05, 4.69) is 4.98 Å². The van der Waals surface area contributed by atoms with E-state index >= 15 is 0 Å². The minimum atomic E-state index is -0.0967. The van der Waals surface area contributed by atoms with Gasteiger partial charge in [0.25, 0.3) is 5.56 Å². The van der Waals surface area contributed by atoms with Crippen molar-refractivity contribution in [2.75, 3.05) is 0 Å². The molecule has 1 N–H and O–H groups in total. The largest absolute Gasteiger partial charge is 0.331 e. The van der Waals surface area contributed by atoms with E-state index in [-0.39, 0.29) is 5.56 Å². The Morgan fingerprint density at radius 1 is 0.950 bits per heavy atom. The molecule has 4 heteroatoms. The summed E-state index contributed by atoms with van der Waals surface area (Å²) in [5.74, 6) is 0. The second-order valence-electron chi connectivity index (χ2n) is 3.95. The van der Waals surface area contributed by atoms with Crippen molar-refractivity contribution in [1.82, 2.24) is 9.55 Å². The van der Waals surface area contributed by atoms with Crippen LogP contribution in [0.1, 0.15) is 13.8 Å². The minimum Gasteiger partial charge on any atom is -0.331 e. The Labute approximate surface area is 122 Å². The first-order valence-corrected chi connectivity index (χ1v) is 6.98. The van der Waals surface area contributed by atoms with Crippen LogP contribution in [0.2, 0.25) is 0 Å². The highest BCUT2D eigenvalue weighted by Gasteiger charge is 2.06. The molecule has 0 aliphatic heterocycles. The van der Waals surface area contributed by atoms with Crippen molar-refractivity contribution in [1.29, 1.82) is 0 Å². The number of rotatable bonds is 1. The molecular weight excluding hydrogens is 268 g/mol. The zero-order valence-corrected chi connectivity index (χ0v) is 12.3. The highest BCUT2D eigenvalue weighted by Crippen LogP contribution is 2.10. The van der Waals surface area contributed by atoms with Crippen LogP contribution in [0.15, 0.2) is 59.4 Å². The third-order valence-electron chi connectivity index (χ3n) is 2.82. The maximum Gasteiger partial charge on any atom is 0.266 e. The van der Waals surface area contributed by atoms with Crippen LogP contribution in [-0.2, 0) is 0 Å². The summed E-state index contributed by atoms with van der Waals surface area (Å²) in [5.41, 5.74) is 1.44. The van der Waals surface area contributed by atoms with Gasteiger partial charge in [-0.05, 0) is 36.5 Å². The summed E-state index contributed by atoms with van der Waals surface area (Å²) in [7, 11) is 0. The molecule has 0 fully saturated rings.